The van der Waals surface area contributed by atoms with Crippen LogP contribution in [0, 0.1) is 18.3 Å². The Morgan fingerprint density at radius 3 is 2.56 bits per heavy atom. The number of nitrogens with zero attached hydrogens (tertiary/aromatic N) is 1. The molecule has 1 atom stereocenters. The van der Waals surface area contributed by atoms with Gasteiger partial charge in [0.15, 0.2) is 0 Å². The lowest BCUT2D eigenvalue weighted by molar-refractivity contribution is -0.151. The largest absolute Gasteiger partial charge is 0.497 e. The van der Waals surface area contributed by atoms with Crippen molar-refractivity contribution in [1.82, 2.24) is 4.90 Å². The zero-order valence-electron chi connectivity index (χ0n) is 15.8. The van der Waals surface area contributed by atoms with Gasteiger partial charge in [-0.15, -0.1) is 0 Å². The molecule has 0 radical (unpaired) electrons. The first-order valence-corrected chi connectivity index (χ1v) is 9.55. The molecule has 3 rings (SSSR count). The van der Waals surface area contributed by atoms with Crippen molar-refractivity contribution in [2.24, 2.45) is 11.3 Å². The summed E-state index contributed by atoms with van der Waals surface area (Å²) in [5, 5.41) is 9.33. The summed E-state index contributed by atoms with van der Waals surface area (Å²) in [5.74, 6) is 1.48. The third-order valence-electron chi connectivity index (χ3n) is 6.25. The highest BCUT2D eigenvalue weighted by Crippen LogP contribution is 2.49. The Hall–Kier alpha value is -1.55. The maximum atomic E-state index is 12.4. The summed E-state index contributed by atoms with van der Waals surface area (Å²) in [7, 11) is 1.73. The molecule has 0 aromatic heterocycles. The predicted octanol–water partition coefficient (Wildman–Crippen LogP) is 3.51. The summed E-state index contributed by atoms with van der Waals surface area (Å²) in [6.45, 7) is 5.82. The highest BCUT2D eigenvalue weighted by atomic mass is 16.5. The summed E-state index contributed by atoms with van der Waals surface area (Å²) >= 11 is 0. The lowest BCUT2D eigenvalue weighted by Gasteiger charge is -2.54. The molecular formula is C21H31NO3. The molecule has 0 unspecified atom stereocenters. The average molecular weight is 345 g/mol. The van der Waals surface area contributed by atoms with Gasteiger partial charge in [-0.3, -0.25) is 4.79 Å². The van der Waals surface area contributed by atoms with E-state index in [0.717, 1.165) is 25.3 Å². The Labute approximate surface area is 151 Å². The molecule has 0 bridgehead atoms. The smallest absolute Gasteiger partial charge is 0.228 e. The summed E-state index contributed by atoms with van der Waals surface area (Å²) < 4.78 is 5.42. The van der Waals surface area contributed by atoms with Gasteiger partial charge < -0.3 is 14.7 Å². The van der Waals surface area contributed by atoms with Crippen LogP contribution in [-0.2, 0) is 4.79 Å². The number of aryl methyl sites for hydroxylation is 1. The van der Waals surface area contributed by atoms with E-state index >= 15 is 0 Å². The Kier molecular flexibility index (Phi) is 5.38. The highest BCUT2D eigenvalue weighted by molar-refractivity contribution is 5.80. The minimum Gasteiger partial charge on any atom is -0.497 e. The number of hydrogen-bond acceptors (Lipinski definition) is 3. The van der Waals surface area contributed by atoms with Crippen molar-refractivity contribution in [2.75, 3.05) is 26.8 Å². The molecule has 2 aliphatic rings. The number of aliphatic hydroxyl groups excluding tert-OH is 1. The van der Waals surface area contributed by atoms with E-state index < -0.39 is 0 Å². The SMILES string of the molecule is CC[C@H](CO)C(=O)N1CC2(CCC(c3cc(C)cc(OC)c3)CC2)C1. The van der Waals surface area contributed by atoms with Gasteiger partial charge in [-0.05, 0) is 68.2 Å². The van der Waals surface area contributed by atoms with Crippen molar-refractivity contribution in [1.29, 1.82) is 0 Å². The van der Waals surface area contributed by atoms with E-state index in [1.807, 2.05) is 11.8 Å². The maximum absolute atomic E-state index is 12.4. The van der Waals surface area contributed by atoms with E-state index in [4.69, 9.17) is 4.74 Å². The van der Waals surface area contributed by atoms with Gasteiger partial charge in [-0.1, -0.05) is 13.0 Å². The van der Waals surface area contributed by atoms with Crippen LogP contribution >= 0.6 is 0 Å². The molecule has 1 amide bonds. The van der Waals surface area contributed by atoms with Crippen molar-refractivity contribution in [2.45, 2.75) is 51.9 Å². The van der Waals surface area contributed by atoms with Crippen LogP contribution in [0.4, 0.5) is 0 Å². The van der Waals surface area contributed by atoms with Gasteiger partial charge in [0.1, 0.15) is 5.75 Å². The summed E-state index contributed by atoms with van der Waals surface area (Å²) in [5.41, 5.74) is 2.98. The Morgan fingerprint density at radius 1 is 1.32 bits per heavy atom. The van der Waals surface area contributed by atoms with Gasteiger partial charge >= 0.3 is 0 Å². The second-order valence-corrected chi connectivity index (χ2v) is 8.04. The molecule has 4 heteroatoms. The predicted molar refractivity (Wildman–Crippen MR) is 98.8 cm³/mol. The number of amides is 1. The number of benzene rings is 1. The molecular weight excluding hydrogens is 314 g/mol. The quantitative estimate of drug-likeness (QED) is 0.888. The Morgan fingerprint density at radius 2 is 2.00 bits per heavy atom. The molecule has 1 aliphatic carbocycles. The molecule has 2 fully saturated rings. The number of rotatable bonds is 5. The molecule has 138 valence electrons. The van der Waals surface area contributed by atoms with E-state index in [9.17, 15) is 9.90 Å². The Balaban J connectivity index is 1.57. The molecule has 1 aromatic rings. The molecule has 1 saturated heterocycles. The van der Waals surface area contributed by atoms with Crippen molar-refractivity contribution in [3.05, 3.63) is 29.3 Å². The minimum atomic E-state index is -0.214. The van der Waals surface area contributed by atoms with Crippen LogP contribution in [-0.4, -0.2) is 42.7 Å². The van der Waals surface area contributed by atoms with Gasteiger partial charge in [0.25, 0.3) is 0 Å². The molecule has 1 aromatic carbocycles. The Bertz CT molecular complexity index is 608. The molecule has 4 nitrogen and oxygen atoms in total. The van der Waals surface area contributed by atoms with Crippen LogP contribution in [0.25, 0.3) is 0 Å². The van der Waals surface area contributed by atoms with Gasteiger partial charge in [0.05, 0.1) is 19.6 Å². The van der Waals surface area contributed by atoms with Gasteiger partial charge in [-0.2, -0.15) is 0 Å². The zero-order chi connectivity index (χ0) is 18.0. The van der Waals surface area contributed by atoms with E-state index in [2.05, 4.69) is 25.1 Å². The fourth-order valence-corrected chi connectivity index (χ4v) is 4.57. The molecule has 1 aliphatic heterocycles. The number of hydrogen-bond donors (Lipinski definition) is 1. The van der Waals surface area contributed by atoms with Gasteiger partial charge in [-0.25, -0.2) is 0 Å². The van der Waals surface area contributed by atoms with Crippen molar-refractivity contribution in [3.63, 3.8) is 0 Å². The fourth-order valence-electron chi connectivity index (χ4n) is 4.57. The fraction of sp³-hybridized carbons (Fsp3) is 0.667. The summed E-state index contributed by atoms with van der Waals surface area (Å²) in [6.07, 6.45) is 5.47. The second-order valence-electron chi connectivity index (χ2n) is 8.04. The number of carbonyl (C=O) groups excluding carboxylic acids is 1. The van der Waals surface area contributed by atoms with Crippen LogP contribution in [0.3, 0.4) is 0 Å². The van der Waals surface area contributed by atoms with Crippen molar-refractivity contribution >= 4 is 5.91 Å². The number of carbonyl (C=O) groups is 1. The lowest BCUT2D eigenvalue weighted by atomic mass is 9.64. The lowest BCUT2D eigenvalue weighted by Crippen LogP contribution is -2.60. The van der Waals surface area contributed by atoms with Gasteiger partial charge in [0, 0.05) is 18.5 Å². The van der Waals surface area contributed by atoms with E-state index in [-0.39, 0.29) is 18.4 Å². The molecule has 25 heavy (non-hydrogen) atoms. The molecule has 1 heterocycles. The standard InChI is InChI=1S/C21H31NO3/c1-4-16(12-23)20(24)22-13-21(14-22)7-5-17(6-8-21)18-9-15(2)10-19(11-18)25-3/h9-11,16-17,23H,4-8,12-14H2,1-3H3/t16-/m1/s1. The number of ether oxygens (including phenoxy) is 1. The highest BCUT2D eigenvalue weighted by Gasteiger charge is 2.47. The summed E-state index contributed by atoms with van der Waals surface area (Å²) in [6, 6.07) is 6.54. The second kappa shape index (κ2) is 7.36. The molecule has 1 spiro atoms. The minimum absolute atomic E-state index is 0.0316. The van der Waals surface area contributed by atoms with Crippen LogP contribution in [0.15, 0.2) is 18.2 Å². The van der Waals surface area contributed by atoms with E-state index in [1.54, 1.807) is 7.11 Å². The number of likely N-dealkylation sites (tertiary alicyclic amines) is 1. The monoisotopic (exact) mass is 345 g/mol. The van der Waals surface area contributed by atoms with E-state index in [0.29, 0.717) is 11.3 Å². The van der Waals surface area contributed by atoms with Gasteiger partial charge in [0.2, 0.25) is 5.91 Å². The zero-order valence-corrected chi connectivity index (χ0v) is 15.8. The van der Waals surface area contributed by atoms with Crippen LogP contribution < -0.4 is 4.74 Å². The normalized spacial score (nSPS) is 21.0. The first-order valence-electron chi connectivity index (χ1n) is 9.55. The first-order chi connectivity index (χ1) is 12.0. The number of aliphatic hydroxyl groups is 1. The third kappa shape index (κ3) is 3.69. The first kappa shape index (κ1) is 18.2. The molecule has 1 saturated carbocycles. The van der Waals surface area contributed by atoms with E-state index in [1.165, 1.54) is 36.8 Å². The topological polar surface area (TPSA) is 49.8 Å². The van der Waals surface area contributed by atoms with Crippen molar-refractivity contribution < 1.29 is 14.6 Å². The average Bonchev–Trinajstić information content (AvgIpc) is 2.60. The van der Waals surface area contributed by atoms with Crippen LogP contribution in [0.1, 0.15) is 56.1 Å². The molecule has 1 N–H and O–H groups in total. The summed E-state index contributed by atoms with van der Waals surface area (Å²) in [4.78, 5) is 14.3. The van der Waals surface area contributed by atoms with Crippen LogP contribution in [0.2, 0.25) is 0 Å². The number of methoxy groups -OCH3 is 1. The third-order valence-corrected chi connectivity index (χ3v) is 6.25. The van der Waals surface area contributed by atoms with Crippen molar-refractivity contribution in [3.8, 4) is 5.75 Å². The maximum Gasteiger partial charge on any atom is 0.228 e. The van der Waals surface area contributed by atoms with Crippen LogP contribution in [0.5, 0.6) is 5.75 Å².